The fraction of sp³-hybridized carbons (Fsp3) is 0.200. The topological polar surface area (TPSA) is 67.5 Å². The van der Waals surface area contributed by atoms with Gasteiger partial charge in [-0.3, -0.25) is 9.79 Å². The Labute approximate surface area is 160 Å². The average Bonchev–Trinajstić information content (AvgIpc) is 3.06. The summed E-state index contributed by atoms with van der Waals surface area (Å²) in [6, 6.07) is 15.9. The van der Waals surface area contributed by atoms with E-state index in [0.717, 1.165) is 33.5 Å². The number of nitrogens with two attached hydrogens (primary N) is 1. The van der Waals surface area contributed by atoms with Crippen LogP contribution in [0.15, 0.2) is 58.9 Å². The molecule has 0 aliphatic carbocycles. The van der Waals surface area contributed by atoms with Crippen LogP contribution in [0, 0.1) is 0 Å². The summed E-state index contributed by atoms with van der Waals surface area (Å²) in [5.41, 5.74) is 8.13. The molecule has 1 amide bonds. The molecule has 2 aromatic carbocycles. The fourth-order valence-corrected chi connectivity index (χ4v) is 5.09. The molecule has 1 atom stereocenters. The molecular weight excluding hydrogens is 362 g/mol. The molecule has 132 valence electrons. The lowest BCUT2D eigenvalue weighted by Gasteiger charge is -2.30. The number of hydrogen-bond acceptors (Lipinski definition) is 5. The van der Waals surface area contributed by atoms with Crippen molar-refractivity contribution in [3.05, 3.63) is 65.0 Å². The summed E-state index contributed by atoms with van der Waals surface area (Å²) in [5.74, 6) is 0.857. The molecule has 0 bridgehead atoms. The summed E-state index contributed by atoms with van der Waals surface area (Å²) in [5, 5.41) is 6.55. The first-order chi connectivity index (χ1) is 12.5. The third-order valence-electron chi connectivity index (χ3n) is 4.66. The summed E-state index contributed by atoms with van der Waals surface area (Å²) < 4.78 is 1.11. The van der Waals surface area contributed by atoms with E-state index in [0.29, 0.717) is 10.7 Å². The summed E-state index contributed by atoms with van der Waals surface area (Å²) in [6.45, 7) is 2.09. The molecule has 3 aromatic rings. The van der Waals surface area contributed by atoms with Crippen LogP contribution >= 0.6 is 23.1 Å². The number of amidine groups is 1. The zero-order valence-electron chi connectivity index (χ0n) is 14.4. The summed E-state index contributed by atoms with van der Waals surface area (Å²) >= 11 is 3.17. The molecule has 0 saturated carbocycles. The second-order valence-electron chi connectivity index (χ2n) is 6.50. The van der Waals surface area contributed by atoms with Gasteiger partial charge in [-0.1, -0.05) is 42.1 Å². The maximum Gasteiger partial charge on any atom is 0.257 e. The zero-order chi connectivity index (χ0) is 18.1. The van der Waals surface area contributed by atoms with Crippen LogP contribution in [0.25, 0.3) is 10.1 Å². The molecule has 6 heteroatoms. The first-order valence-corrected chi connectivity index (χ1v) is 10.3. The van der Waals surface area contributed by atoms with Crippen LogP contribution < -0.4 is 11.1 Å². The van der Waals surface area contributed by atoms with E-state index in [4.69, 9.17) is 5.73 Å². The van der Waals surface area contributed by atoms with Crippen LogP contribution in [0.3, 0.4) is 0 Å². The molecule has 0 spiro atoms. The van der Waals surface area contributed by atoms with Gasteiger partial charge in [0, 0.05) is 26.9 Å². The Hall–Kier alpha value is -2.31. The van der Waals surface area contributed by atoms with Crippen LogP contribution in [0.2, 0.25) is 0 Å². The Morgan fingerprint density at radius 2 is 2.08 bits per heavy atom. The molecule has 4 rings (SSSR count). The average molecular weight is 382 g/mol. The van der Waals surface area contributed by atoms with Crippen LogP contribution in [-0.4, -0.2) is 16.8 Å². The molecule has 1 unspecified atom stereocenters. The Balaban J connectivity index is 1.61. The fourth-order valence-electron chi connectivity index (χ4n) is 3.18. The van der Waals surface area contributed by atoms with Gasteiger partial charge >= 0.3 is 0 Å². The minimum Gasteiger partial charge on any atom is -0.379 e. The standard InChI is InChI=1S/C20H19N3OS2/c1-20(9-10-25-19(21)23-20)13-5-4-6-14(11-13)22-18(24)16-12-26-17-8-3-2-7-15(16)17/h2-8,11-12H,9-10H2,1H3,(H2,21,23)(H,22,24). The van der Waals surface area contributed by atoms with Crippen molar-refractivity contribution in [2.24, 2.45) is 10.7 Å². The maximum atomic E-state index is 12.8. The number of carbonyl (C=O) groups is 1. The summed E-state index contributed by atoms with van der Waals surface area (Å²) in [4.78, 5) is 17.4. The van der Waals surface area contributed by atoms with Gasteiger partial charge in [-0.2, -0.15) is 0 Å². The number of thiophene rings is 1. The number of hydrogen-bond donors (Lipinski definition) is 2. The number of benzene rings is 2. The smallest absolute Gasteiger partial charge is 0.257 e. The normalized spacial score (nSPS) is 20.0. The van der Waals surface area contributed by atoms with Crippen LogP contribution in [0.4, 0.5) is 5.69 Å². The summed E-state index contributed by atoms with van der Waals surface area (Å²) in [7, 11) is 0. The largest absolute Gasteiger partial charge is 0.379 e. The number of nitrogens with one attached hydrogen (secondary N) is 1. The van der Waals surface area contributed by atoms with E-state index in [1.54, 1.807) is 23.1 Å². The molecule has 2 heterocycles. The molecule has 3 N–H and O–H groups in total. The van der Waals surface area contributed by atoms with Crippen molar-refractivity contribution in [1.82, 2.24) is 0 Å². The van der Waals surface area contributed by atoms with Gasteiger partial charge in [0.2, 0.25) is 0 Å². The van der Waals surface area contributed by atoms with Crippen molar-refractivity contribution >= 4 is 49.9 Å². The molecule has 1 aliphatic heterocycles. The lowest BCUT2D eigenvalue weighted by Crippen LogP contribution is -2.28. The van der Waals surface area contributed by atoms with Gasteiger partial charge in [-0.05, 0) is 37.1 Å². The molecule has 26 heavy (non-hydrogen) atoms. The van der Waals surface area contributed by atoms with E-state index in [1.807, 2.05) is 53.9 Å². The van der Waals surface area contributed by atoms with Gasteiger partial charge in [0.1, 0.15) is 0 Å². The predicted molar refractivity (Wildman–Crippen MR) is 112 cm³/mol. The summed E-state index contributed by atoms with van der Waals surface area (Å²) in [6.07, 6.45) is 0.922. The number of anilines is 1. The molecule has 0 fully saturated rings. The van der Waals surface area contributed by atoms with Crippen LogP contribution in [0.1, 0.15) is 29.3 Å². The van der Waals surface area contributed by atoms with E-state index < -0.39 is 0 Å². The minimum absolute atomic E-state index is 0.0908. The molecule has 0 saturated heterocycles. The van der Waals surface area contributed by atoms with Gasteiger partial charge in [0.15, 0.2) is 5.17 Å². The molecule has 1 aromatic heterocycles. The van der Waals surface area contributed by atoms with Gasteiger partial charge in [0.05, 0.1) is 11.1 Å². The number of rotatable bonds is 3. The van der Waals surface area contributed by atoms with Crippen molar-refractivity contribution in [2.75, 3.05) is 11.1 Å². The highest BCUT2D eigenvalue weighted by Gasteiger charge is 2.29. The SMILES string of the molecule is CC1(c2cccc(NC(=O)c3csc4ccccc34)c2)CCSC(N)=N1. The Morgan fingerprint density at radius 3 is 2.92 bits per heavy atom. The van der Waals surface area contributed by atoms with E-state index >= 15 is 0 Å². The van der Waals surface area contributed by atoms with E-state index in [2.05, 4.69) is 17.2 Å². The third kappa shape index (κ3) is 3.22. The number of amides is 1. The number of carbonyl (C=O) groups excluding carboxylic acids is 1. The molecule has 4 nitrogen and oxygen atoms in total. The second kappa shape index (κ2) is 6.78. The molecule has 1 aliphatic rings. The van der Waals surface area contributed by atoms with Crippen molar-refractivity contribution in [3.63, 3.8) is 0 Å². The number of nitrogens with zero attached hydrogens (tertiary/aromatic N) is 1. The van der Waals surface area contributed by atoms with E-state index in [1.165, 1.54) is 0 Å². The Morgan fingerprint density at radius 1 is 1.23 bits per heavy atom. The first kappa shape index (κ1) is 17.1. The van der Waals surface area contributed by atoms with Gasteiger partial charge in [-0.25, -0.2) is 0 Å². The number of fused-ring (bicyclic) bond motifs is 1. The van der Waals surface area contributed by atoms with E-state index in [9.17, 15) is 4.79 Å². The predicted octanol–water partition coefficient (Wildman–Crippen LogP) is 4.82. The highest BCUT2D eigenvalue weighted by molar-refractivity contribution is 8.13. The van der Waals surface area contributed by atoms with Crippen LogP contribution in [-0.2, 0) is 5.54 Å². The lowest BCUT2D eigenvalue weighted by atomic mass is 9.89. The highest BCUT2D eigenvalue weighted by Crippen LogP contribution is 2.36. The zero-order valence-corrected chi connectivity index (χ0v) is 16.0. The third-order valence-corrected chi connectivity index (χ3v) is 6.42. The molecular formula is C20H19N3OS2. The maximum absolute atomic E-state index is 12.8. The lowest BCUT2D eigenvalue weighted by molar-refractivity contribution is 0.102. The van der Waals surface area contributed by atoms with E-state index in [-0.39, 0.29) is 11.4 Å². The monoisotopic (exact) mass is 381 g/mol. The quantitative estimate of drug-likeness (QED) is 0.683. The Kier molecular flexibility index (Phi) is 4.46. The van der Waals surface area contributed by atoms with Gasteiger partial charge in [0.25, 0.3) is 5.91 Å². The van der Waals surface area contributed by atoms with Crippen molar-refractivity contribution < 1.29 is 4.79 Å². The number of aliphatic imine (C=N–C) groups is 1. The number of thioether (sulfide) groups is 1. The highest BCUT2D eigenvalue weighted by atomic mass is 32.2. The van der Waals surface area contributed by atoms with Crippen molar-refractivity contribution in [1.29, 1.82) is 0 Å². The second-order valence-corrected chi connectivity index (χ2v) is 8.53. The molecule has 0 radical (unpaired) electrons. The first-order valence-electron chi connectivity index (χ1n) is 8.41. The van der Waals surface area contributed by atoms with Crippen molar-refractivity contribution in [3.8, 4) is 0 Å². The minimum atomic E-state index is -0.342. The van der Waals surface area contributed by atoms with Crippen LogP contribution in [0.5, 0.6) is 0 Å². The van der Waals surface area contributed by atoms with Crippen molar-refractivity contribution in [2.45, 2.75) is 18.9 Å². The van der Waals surface area contributed by atoms with Gasteiger partial charge < -0.3 is 11.1 Å². The van der Waals surface area contributed by atoms with Gasteiger partial charge in [-0.15, -0.1) is 11.3 Å². The Bertz CT molecular complexity index is 1010.